The average Bonchev–Trinajstić information content (AvgIpc) is 3.15. The van der Waals surface area contributed by atoms with Crippen LogP contribution in [0.4, 0.5) is 0 Å². The summed E-state index contributed by atoms with van der Waals surface area (Å²) >= 11 is 1.42. The maximum Gasteiger partial charge on any atom is 0.337 e. The Kier molecular flexibility index (Phi) is 3.83. The fourth-order valence-electron chi connectivity index (χ4n) is 4.43. The van der Waals surface area contributed by atoms with Crippen molar-refractivity contribution in [1.82, 2.24) is 4.90 Å². The molecule has 2 aliphatic heterocycles. The number of fused-ring (bicyclic) bond motifs is 3. The van der Waals surface area contributed by atoms with E-state index in [0.29, 0.717) is 11.6 Å². The van der Waals surface area contributed by atoms with Gasteiger partial charge in [-0.1, -0.05) is 18.2 Å². The number of rotatable bonds is 3. The molecule has 3 atom stereocenters. The second-order valence-electron chi connectivity index (χ2n) is 6.74. The lowest BCUT2D eigenvalue weighted by Gasteiger charge is -2.48. The molecule has 0 spiro atoms. The van der Waals surface area contributed by atoms with Crippen LogP contribution in [0.3, 0.4) is 0 Å². The van der Waals surface area contributed by atoms with Crippen LogP contribution >= 0.6 is 11.8 Å². The number of ether oxygens (including phenoxy) is 2. The number of hydrogen-bond donors (Lipinski definition) is 0. The molecule has 2 heterocycles. The summed E-state index contributed by atoms with van der Waals surface area (Å²) in [5.41, 5.74) is 2.50. The predicted octanol–water partition coefficient (Wildman–Crippen LogP) is 2.71. The van der Waals surface area contributed by atoms with Crippen LogP contribution < -0.4 is 0 Å². The molecule has 5 nitrogen and oxygen atoms in total. The summed E-state index contributed by atoms with van der Waals surface area (Å²) in [5.74, 6) is -0.971. The fraction of sp³-hybridized carbons (Fsp3) is 0.474. The highest BCUT2D eigenvalue weighted by Crippen LogP contribution is 2.68. The van der Waals surface area contributed by atoms with Gasteiger partial charge in [0.1, 0.15) is 0 Å². The third-order valence-corrected chi connectivity index (χ3v) is 7.07. The Hall–Kier alpha value is -1.95. The number of nitrogens with zero attached hydrogens (tertiary/aromatic N) is 1. The van der Waals surface area contributed by atoms with E-state index in [1.165, 1.54) is 26.0 Å². The van der Waals surface area contributed by atoms with Gasteiger partial charge in [-0.2, -0.15) is 0 Å². The molecule has 0 amide bonds. The van der Waals surface area contributed by atoms with Gasteiger partial charge in [-0.3, -0.25) is 4.79 Å². The first-order valence-corrected chi connectivity index (χ1v) is 9.33. The van der Waals surface area contributed by atoms with E-state index in [1.54, 1.807) is 0 Å². The van der Waals surface area contributed by atoms with Crippen molar-refractivity contribution in [3.8, 4) is 0 Å². The number of thioether (sulfide) groups is 1. The molecule has 1 fully saturated rings. The third kappa shape index (κ3) is 2.03. The predicted molar refractivity (Wildman–Crippen MR) is 94.2 cm³/mol. The van der Waals surface area contributed by atoms with Crippen LogP contribution in [0.25, 0.3) is 0 Å². The summed E-state index contributed by atoms with van der Waals surface area (Å²) in [7, 11) is 2.74. The molecule has 1 aromatic carbocycles. The minimum Gasteiger partial charge on any atom is -0.468 e. The van der Waals surface area contributed by atoms with Gasteiger partial charge in [0, 0.05) is 23.2 Å². The van der Waals surface area contributed by atoms with Crippen LogP contribution in [0.15, 0.2) is 40.4 Å². The van der Waals surface area contributed by atoms with Crippen molar-refractivity contribution < 1.29 is 19.1 Å². The zero-order valence-corrected chi connectivity index (χ0v) is 15.4. The lowest BCUT2D eigenvalue weighted by molar-refractivity contribution is -0.147. The molecule has 132 valence electrons. The molecule has 25 heavy (non-hydrogen) atoms. The lowest BCUT2D eigenvalue weighted by atomic mass is 9.66. The smallest absolute Gasteiger partial charge is 0.337 e. The third-order valence-electron chi connectivity index (χ3n) is 5.55. The Morgan fingerprint density at radius 3 is 2.64 bits per heavy atom. The quantitative estimate of drug-likeness (QED) is 0.774. The molecule has 1 saturated heterocycles. The molecule has 6 heteroatoms. The van der Waals surface area contributed by atoms with Gasteiger partial charge in [-0.25, -0.2) is 4.79 Å². The topological polar surface area (TPSA) is 55.8 Å². The van der Waals surface area contributed by atoms with Gasteiger partial charge < -0.3 is 14.4 Å². The highest BCUT2D eigenvalue weighted by atomic mass is 32.2. The van der Waals surface area contributed by atoms with Gasteiger partial charge in [-0.15, -0.1) is 11.8 Å². The van der Waals surface area contributed by atoms with Crippen molar-refractivity contribution >= 4 is 23.7 Å². The van der Waals surface area contributed by atoms with Crippen molar-refractivity contribution in [3.05, 3.63) is 41.1 Å². The van der Waals surface area contributed by atoms with Gasteiger partial charge >= 0.3 is 11.9 Å². The number of hydrogen-bond acceptors (Lipinski definition) is 6. The van der Waals surface area contributed by atoms with Gasteiger partial charge in [0.2, 0.25) is 0 Å². The Morgan fingerprint density at radius 1 is 1.24 bits per heavy atom. The maximum absolute atomic E-state index is 12.8. The summed E-state index contributed by atoms with van der Waals surface area (Å²) < 4.78 is 9.17. The molecule has 3 aliphatic rings. The Morgan fingerprint density at radius 2 is 2.00 bits per heavy atom. The highest BCUT2D eigenvalue weighted by Gasteiger charge is 2.69. The number of benzene rings is 1. The minimum absolute atomic E-state index is 0.157. The minimum atomic E-state index is -1.02. The van der Waals surface area contributed by atoms with Crippen LogP contribution in [-0.4, -0.2) is 48.4 Å². The van der Waals surface area contributed by atoms with E-state index in [2.05, 4.69) is 11.8 Å². The molecular formula is C19H21NO4S. The second-order valence-corrected chi connectivity index (χ2v) is 8.02. The summed E-state index contributed by atoms with van der Waals surface area (Å²) in [6, 6.07) is 8.34. The van der Waals surface area contributed by atoms with Gasteiger partial charge in [-0.05, 0) is 31.4 Å². The van der Waals surface area contributed by atoms with E-state index in [4.69, 9.17) is 9.47 Å². The molecule has 4 rings (SSSR count). The van der Waals surface area contributed by atoms with Crippen LogP contribution in [0.1, 0.15) is 31.2 Å². The molecule has 1 aromatic rings. The van der Waals surface area contributed by atoms with Gasteiger partial charge in [0.25, 0.3) is 0 Å². The average molecular weight is 359 g/mol. The van der Waals surface area contributed by atoms with Crippen molar-refractivity contribution in [2.75, 3.05) is 20.8 Å². The SMILES string of the molecule is COC(=O)C1=C(N2CCC[C@@H]2C)[C@@H]2c3ccccc3S[C@]12C(=O)OC. The van der Waals surface area contributed by atoms with Gasteiger partial charge in [0.15, 0.2) is 4.75 Å². The molecule has 0 N–H and O–H groups in total. The van der Waals surface area contributed by atoms with Crippen molar-refractivity contribution in [2.24, 2.45) is 0 Å². The van der Waals surface area contributed by atoms with Crippen LogP contribution in [-0.2, 0) is 19.1 Å². The molecule has 0 bridgehead atoms. The fourth-order valence-corrected chi connectivity index (χ4v) is 6.04. The van der Waals surface area contributed by atoms with Gasteiger partial charge in [0.05, 0.1) is 25.7 Å². The number of esters is 2. The van der Waals surface area contributed by atoms with Crippen molar-refractivity contribution in [1.29, 1.82) is 0 Å². The molecule has 0 saturated carbocycles. The van der Waals surface area contributed by atoms with E-state index in [0.717, 1.165) is 35.5 Å². The first kappa shape index (κ1) is 16.5. The normalized spacial score (nSPS) is 29.8. The highest BCUT2D eigenvalue weighted by molar-refractivity contribution is 8.02. The Bertz CT molecular complexity index is 789. The van der Waals surface area contributed by atoms with E-state index in [-0.39, 0.29) is 11.9 Å². The molecule has 0 aromatic heterocycles. The Balaban J connectivity index is 1.93. The lowest BCUT2D eigenvalue weighted by Crippen LogP contribution is -2.56. The summed E-state index contributed by atoms with van der Waals surface area (Å²) in [6.45, 7) is 3.07. The Labute approximate surface area is 151 Å². The maximum atomic E-state index is 12.8. The number of methoxy groups -OCH3 is 2. The summed E-state index contributed by atoms with van der Waals surface area (Å²) in [5, 5.41) is 0. The summed E-state index contributed by atoms with van der Waals surface area (Å²) in [4.78, 5) is 28.8. The van der Waals surface area contributed by atoms with E-state index < -0.39 is 10.7 Å². The van der Waals surface area contributed by atoms with E-state index >= 15 is 0 Å². The number of likely N-dealkylation sites (tertiary alicyclic amines) is 1. The van der Waals surface area contributed by atoms with Crippen LogP contribution in [0, 0.1) is 0 Å². The zero-order valence-electron chi connectivity index (χ0n) is 14.6. The van der Waals surface area contributed by atoms with E-state index in [1.807, 2.05) is 24.3 Å². The molecule has 0 radical (unpaired) electrons. The largest absolute Gasteiger partial charge is 0.468 e. The van der Waals surface area contributed by atoms with E-state index in [9.17, 15) is 9.59 Å². The first-order chi connectivity index (χ1) is 12.1. The monoisotopic (exact) mass is 359 g/mol. The van der Waals surface area contributed by atoms with Crippen molar-refractivity contribution in [2.45, 2.75) is 41.4 Å². The number of carbonyl (C=O) groups excluding carboxylic acids is 2. The molecule has 1 aliphatic carbocycles. The second kappa shape index (κ2) is 5.80. The standard InChI is InChI=1S/C19H21NO4S/c1-11-7-6-10-20(11)16-14-12-8-4-5-9-13(12)25-19(14,18(22)24-3)15(16)17(21)23-2/h4-5,8-9,11,14H,6-7,10H2,1-3H3/t11-,14-,19-/m0/s1. The zero-order chi connectivity index (χ0) is 17.8. The molecular weight excluding hydrogens is 338 g/mol. The van der Waals surface area contributed by atoms with Crippen molar-refractivity contribution in [3.63, 3.8) is 0 Å². The number of allylic oxidation sites excluding steroid dienone is 1. The summed E-state index contributed by atoms with van der Waals surface area (Å²) in [6.07, 6.45) is 2.18. The first-order valence-electron chi connectivity index (χ1n) is 8.52. The molecule has 0 unspecified atom stereocenters. The van der Waals surface area contributed by atoms with Crippen LogP contribution in [0.2, 0.25) is 0 Å². The number of carbonyl (C=O) groups is 2. The van der Waals surface area contributed by atoms with Crippen LogP contribution in [0.5, 0.6) is 0 Å².